The van der Waals surface area contributed by atoms with Gasteiger partial charge in [-0.25, -0.2) is 0 Å². The summed E-state index contributed by atoms with van der Waals surface area (Å²) in [7, 11) is 0. The molecule has 2 N–H and O–H groups in total. The molecular formula is C32H40N4O2. The maximum atomic E-state index is 14.1. The third kappa shape index (κ3) is 3.63. The number of nitrogens with zero attached hydrogens (tertiary/aromatic N) is 2. The lowest BCUT2D eigenvalue weighted by Crippen LogP contribution is -2.50. The second-order valence-electron chi connectivity index (χ2n) is 12.4. The van der Waals surface area contributed by atoms with E-state index in [9.17, 15) is 9.59 Å². The summed E-state index contributed by atoms with van der Waals surface area (Å²) in [5.74, 6) is 0.706. The maximum Gasteiger partial charge on any atom is 0.225 e. The molecule has 1 aromatic rings. The van der Waals surface area contributed by atoms with Gasteiger partial charge < -0.3 is 20.5 Å². The zero-order valence-electron chi connectivity index (χ0n) is 23.2. The first-order valence-electron chi connectivity index (χ1n) is 14.4. The fourth-order valence-corrected chi connectivity index (χ4v) is 7.45. The van der Waals surface area contributed by atoms with E-state index in [2.05, 4.69) is 67.1 Å². The Labute approximate surface area is 226 Å². The van der Waals surface area contributed by atoms with Crippen molar-refractivity contribution in [1.29, 1.82) is 5.41 Å². The van der Waals surface area contributed by atoms with Gasteiger partial charge in [0, 0.05) is 71.7 Å². The summed E-state index contributed by atoms with van der Waals surface area (Å²) in [4.78, 5) is 31.6. The first-order chi connectivity index (χ1) is 18.2. The van der Waals surface area contributed by atoms with E-state index in [-0.39, 0.29) is 23.2 Å². The summed E-state index contributed by atoms with van der Waals surface area (Å²) in [5.41, 5.74) is 6.26. The average Bonchev–Trinajstić information content (AvgIpc) is 3.57. The van der Waals surface area contributed by atoms with Crippen molar-refractivity contribution >= 4 is 23.6 Å². The molecule has 2 fully saturated rings. The van der Waals surface area contributed by atoms with E-state index in [0.29, 0.717) is 5.91 Å². The SMILES string of the molecule is CCc1cc2c(cc1N1CCN(C(=O)C3CCCC3)CC1)C(C)(C)C1=C(C2=O)[C@]2(C)C=CC(C=N)=CC2N1. The molecule has 2 aliphatic heterocycles. The summed E-state index contributed by atoms with van der Waals surface area (Å²) in [6, 6.07) is 4.38. The van der Waals surface area contributed by atoms with Gasteiger partial charge in [0.2, 0.25) is 5.91 Å². The van der Waals surface area contributed by atoms with Crippen molar-refractivity contribution in [3.63, 3.8) is 0 Å². The molecule has 0 spiro atoms. The van der Waals surface area contributed by atoms with Crippen molar-refractivity contribution in [3.8, 4) is 0 Å². The molecule has 5 aliphatic rings. The van der Waals surface area contributed by atoms with Crippen LogP contribution in [0.3, 0.4) is 0 Å². The monoisotopic (exact) mass is 512 g/mol. The quantitative estimate of drug-likeness (QED) is 0.561. The van der Waals surface area contributed by atoms with Crippen molar-refractivity contribution in [2.45, 2.75) is 71.3 Å². The van der Waals surface area contributed by atoms with Gasteiger partial charge in [0.1, 0.15) is 0 Å². The first-order valence-corrected chi connectivity index (χ1v) is 14.4. The Balaban J connectivity index is 1.32. The van der Waals surface area contributed by atoms with Gasteiger partial charge in [-0.05, 0) is 55.0 Å². The number of carbonyl (C=O) groups excluding carboxylic acids is 2. The highest BCUT2D eigenvalue weighted by Crippen LogP contribution is 2.53. The average molecular weight is 513 g/mol. The summed E-state index contributed by atoms with van der Waals surface area (Å²) in [6.07, 6.45) is 12.8. The minimum atomic E-state index is -0.429. The molecule has 1 saturated heterocycles. The number of allylic oxidation sites excluding steroid dienone is 3. The molecular weight excluding hydrogens is 472 g/mol. The highest BCUT2D eigenvalue weighted by atomic mass is 16.2. The van der Waals surface area contributed by atoms with Crippen LogP contribution in [-0.4, -0.2) is 55.0 Å². The molecule has 6 rings (SSSR count). The fraction of sp³-hybridized carbons (Fsp3) is 0.531. The largest absolute Gasteiger partial charge is 0.380 e. The van der Waals surface area contributed by atoms with Gasteiger partial charge in [-0.3, -0.25) is 9.59 Å². The number of benzene rings is 1. The fourth-order valence-electron chi connectivity index (χ4n) is 7.45. The highest BCUT2D eigenvalue weighted by Gasteiger charge is 2.53. The number of ketones is 1. The molecule has 0 bridgehead atoms. The zero-order chi connectivity index (χ0) is 26.8. The molecule has 38 heavy (non-hydrogen) atoms. The second kappa shape index (κ2) is 8.96. The van der Waals surface area contributed by atoms with E-state index < -0.39 is 5.41 Å². The number of amides is 1. The van der Waals surface area contributed by atoms with Crippen molar-refractivity contribution in [2.75, 3.05) is 31.1 Å². The highest BCUT2D eigenvalue weighted by molar-refractivity contribution is 6.14. The summed E-state index contributed by atoms with van der Waals surface area (Å²) in [5, 5.41) is 11.4. The van der Waals surface area contributed by atoms with Crippen LogP contribution in [0.5, 0.6) is 0 Å². The molecule has 0 radical (unpaired) electrons. The number of hydrogen-bond donors (Lipinski definition) is 2. The first kappa shape index (κ1) is 25.1. The number of aryl methyl sites for hydroxylation is 1. The molecule has 200 valence electrons. The number of anilines is 1. The third-order valence-electron chi connectivity index (χ3n) is 9.89. The Morgan fingerprint density at radius 3 is 2.50 bits per heavy atom. The van der Waals surface area contributed by atoms with Crippen LogP contribution in [0.15, 0.2) is 47.2 Å². The minimum absolute atomic E-state index is 0.0396. The Kier molecular flexibility index (Phi) is 5.93. The maximum absolute atomic E-state index is 14.1. The topological polar surface area (TPSA) is 76.5 Å². The van der Waals surface area contributed by atoms with Gasteiger partial charge >= 0.3 is 0 Å². The van der Waals surface area contributed by atoms with E-state index in [1.807, 2.05) is 6.08 Å². The number of hydrogen-bond acceptors (Lipinski definition) is 5. The Morgan fingerprint density at radius 2 is 1.84 bits per heavy atom. The summed E-state index contributed by atoms with van der Waals surface area (Å²) < 4.78 is 0. The molecule has 3 aliphatic carbocycles. The standard InChI is InChI=1S/C32H40N4O2/c1-5-21-17-23-24(18-25(21)35-12-14-36(15-13-35)30(38)22-8-6-7-9-22)31(2,3)29-27(28(23)37)32(4)11-10-20(19-33)16-26(32)34-29/h10-11,16-19,22,26,33-34H,5-9,12-15H2,1-4H3/t26?,32-/m1/s1. The molecule has 6 heteroatoms. The number of carbonyl (C=O) groups is 2. The number of nitrogens with one attached hydrogen (secondary N) is 2. The van der Waals surface area contributed by atoms with Crippen LogP contribution in [0.1, 0.15) is 74.9 Å². The van der Waals surface area contributed by atoms with E-state index in [1.165, 1.54) is 30.3 Å². The molecule has 1 unspecified atom stereocenters. The van der Waals surface area contributed by atoms with Crippen LogP contribution < -0.4 is 10.2 Å². The Bertz CT molecular complexity index is 1300. The van der Waals surface area contributed by atoms with Gasteiger partial charge in [-0.1, -0.05) is 51.8 Å². The molecule has 2 heterocycles. The van der Waals surface area contributed by atoms with Crippen LogP contribution in [-0.2, 0) is 16.6 Å². The van der Waals surface area contributed by atoms with Crippen molar-refractivity contribution in [2.24, 2.45) is 11.3 Å². The lowest BCUT2D eigenvalue weighted by atomic mass is 9.65. The summed E-state index contributed by atoms with van der Waals surface area (Å²) in [6.45, 7) is 11.9. The lowest BCUT2D eigenvalue weighted by Gasteiger charge is -2.40. The molecule has 2 atom stereocenters. The molecule has 1 aromatic carbocycles. The van der Waals surface area contributed by atoms with Crippen LogP contribution in [0.25, 0.3) is 0 Å². The van der Waals surface area contributed by atoms with Crippen molar-refractivity contribution in [1.82, 2.24) is 10.2 Å². The van der Waals surface area contributed by atoms with Gasteiger partial charge in [-0.2, -0.15) is 0 Å². The number of fused-ring (bicyclic) bond motifs is 3. The Morgan fingerprint density at radius 1 is 1.13 bits per heavy atom. The summed E-state index contributed by atoms with van der Waals surface area (Å²) >= 11 is 0. The number of Topliss-reactive ketones (excluding diaryl/α,β-unsaturated/α-hetero) is 1. The Hall–Kier alpha value is -3.15. The normalized spacial score (nSPS) is 28.1. The van der Waals surface area contributed by atoms with Crippen LogP contribution in [0.2, 0.25) is 0 Å². The zero-order valence-corrected chi connectivity index (χ0v) is 23.2. The van der Waals surface area contributed by atoms with E-state index in [1.54, 1.807) is 0 Å². The van der Waals surface area contributed by atoms with Gasteiger partial charge in [-0.15, -0.1) is 0 Å². The predicted molar refractivity (Wildman–Crippen MR) is 152 cm³/mol. The van der Waals surface area contributed by atoms with Gasteiger partial charge in [0.25, 0.3) is 0 Å². The smallest absolute Gasteiger partial charge is 0.225 e. The number of piperazine rings is 1. The van der Waals surface area contributed by atoms with Crippen molar-refractivity contribution in [3.05, 3.63) is 63.9 Å². The van der Waals surface area contributed by atoms with Crippen LogP contribution in [0, 0.1) is 16.7 Å². The lowest BCUT2D eigenvalue weighted by molar-refractivity contribution is -0.135. The predicted octanol–water partition coefficient (Wildman–Crippen LogP) is 4.94. The van der Waals surface area contributed by atoms with Gasteiger partial charge in [0.05, 0.1) is 6.04 Å². The second-order valence-corrected chi connectivity index (χ2v) is 12.4. The van der Waals surface area contributed by atoms with Crippen molar-refractivity contribution < 1.29 is 9.59 Å². The van der Waals surface area contributed by atoms with E-state index in [4.69, 9.17) is 5.41 Å². The van der Waals surface area contributed by atoms with Gasteiger partial charge in [0.15, 0.2) is 5.78 Å². The molecule has 0 aromatic heterocycles. The number of rotatable bonds is 4. The molecule has 1 saturated carbocycles. The molecule has 1 amide bonds. The van der Waals surface area contributed by atoms with E-state index in [0.717, 1.165) is 73.4 Å². The minimum Gasteiger partial charge on any atom is -0.380 e. The molecule has 6 nitrogen and oxygen atoms in total. The van der Waals surface area contributed by atoms with Crippen LogP contribution in [0.4, 0.5) is 5.69 Å². The third-order valence-corrected chi connectivity index (χ3v) is 9.89. The van der Waals surface area contributed by atoms with Crippen LogP contribution >= 0.6 is 0 Å². The van der Waals surface area contributed by atoms with E-state index >= 15 is 0 Å².